The summed E-state index contributed by atoms with van der Waals surface area (Å²) in [5, 5.41) is 5.47. The lowest BCUT2D eigenvalue weighted by Crippen LogP contribution is -1.86. The summed E-state index contributed by atoms with van der Waals surface area (Å²) >= 11 is 1.29. The van der Waals surface area contributed by atoms with Gasteiger partial charge in [-0.1, -0.05) is 30.4 Å². The number of nitrogens with two attached hydrogens (primary N) is 1. The minimum Gasteiger partial charge on any atom is -0.274 e. The van der Waals surface area contributed by atoms with Gasteiger partial charge in [0.1, 0.15) is 0 Å². The van der Waals surface area contributed by atoms with Crippen LogP contribution in [0.15, 0.2) is 47.4 Å². The Morgan fingerprint density at radius 3 is 2.43 bits per heavy atom. The van der Waals surface area contributed by atoms with Crippen molar-refractivity contribution < 1.29 is 0 Å². The lowest BCUT2D eigenvalue weighted by Gasteiger charge is -2.07. The van der Waals surface area contributed by atoms with E-state index in [2.05, 4.69) is 42.5 Å². The standard InChI is InChI=1S/C12H13NS/c13-14-12-8-6-11(7-9-12)10-4-2-1-3-5-10/h2,4-9H,1,3,13H2. The van der Waals surface area contributed by atoms with Gasteiger partial charge in [-0.05, 0) is 48.1 Å². The van der Waals surface area contributed by atoms with Crippen molar-refractivity contribution >= 4 is 17.5 Å². The molecule has 1 nitrogen and oxygen atoms in total. The molecule has 0 saturated heterocycles. The van der Waals surface area contributed by atoms with Gasteiger partial charge in [0.15, 0.2) is 0 Å². The third-order valence-corrected chi connectivity index (χ3v) is 2.86. The predicted molar refractivity (Wildman–Crippen MR) is 62.8 cm³/mol. The van der Waals surface area contributed by atoms with Gasteiger partial charge in [-0.25, -0.2) is 0 Å². The van der Waals surface area contributed by atoms with Gasteiger partial charge in [-0.15, -0.1) is 0 Å². The summed E-state index contributed by atoms with van der Waals surface area (Å²) in [6, 6.07) is 8.36. The van der Waals surface area contributed by atoms with E-state index < -0.39 is 0 Å². The highest BCUT2D eigenvalue weighted by molar-refractivity contribution is 7.97. The molecule has 0 unspecified atom stereocenters. The topological polar surface area (TPSA) is 26.0 Å². The molecule has 0 bridgehead atoms. The first kappa shape index (κ1) is 9.56. The van der Waals surface area contributed by atoms with Gasteiger partial charge in [0, 0.05) is 4.90 Å². The van der Waals surface area contributed by atoms with Crippen LogP contribution in [0.25, 0.3) is 5.57 Å². The van der Waals surface area contributed by atoms with E-state index >= 15 is 0 Å². The van der Waals surface area contributed by atoms with Gasteiger partial charge in [0.05, 0.1) is 0 Å². The summed E-state index contributed by atoms with van der Waals surface area (Å²) in [7, 11) is 0. The quantitative estimate of drug-likeness (QED) is 0.746. The zero-order valence-corrected chi connectivity index (χ0v) is 8.76. The van der Waals surface area contributed by atoms with Gasteiger partial charge in [0.25, 0.3) is 0 Å². The number of hydrogen-bond acceptors (Lipinski definition) is 2. The second-order valence-corrected chi connectivity index (χ2v) is 3.99. The molecule has 2 rings (SSSR count). The summed E-state index contributed by atoms with van der Waals surface area (Å²) < 4.78 is 0. The molecule has 0 heterocycles. The van der Waals surface area contributed by atoms with Gasteiger partial charge in [0.2, 0.25) is 0 Å². The number of rotatable bonds is 2. The molecule has 2 heteroatoms. The number of hydrogen-bond donors (Lipinski definition) is 1. The van der Waals surface area contributed by atoms with Crippen LogP contribution >= 0.6 is 11.9 Å². The van der Waals surface area contributed by atoms with E-state index in [1.54, 1.807) is 0 Å². The molecule has 0 radical (unpaired) electrons. The highest BCUT2D eigenvalue weighted by Gasteiger charge is 2.00. The van der Waals surface area contributed by atoms with E-state index in [4.69, 9.17) is 5.14 Å². The zero-order valence-electron chi connectivity index (χ0n) is 7.94. The first-order chi connectivity index (χ1) is 6.90. The first-order valence-corrected chi connectivity index (χ1v) is 5.62. The summed E-state index contributed by atoms with van der Waals surface area (Å²) in [6.45, 7) is 0. The van der Waals surface area contributed by atoms with Crippen LogP contribution in [0.5, 0.6) is 0 Å². The van der Waals surface area contributed by atoms with Crippen LogP contribution in [-0.4, -0.2) is 0 Å². The number of benzene rings is 1. The maximum absolute atomic E-state index is 5.47. The molecule has 0 aliphatic heterocycles. The minimum atomic E-state index is 1.11. The Labute approximate surface area is 88.8 Å². The van der Waals surface area contributed by atoms with Crippen molar-refractivity contribution in [3.05, 3.63) is 48.1 Å². The molecule has 2 N–H and O–H groups in total. The molecule has 72 valence electrons. The second-order valence-electron chi connectivity index (χ2n) is 3.28. The van der Waals surface area contributed by atoms with Crippen LogP contribution in [-0.2, 0) is 0 Å². The molecular weight excluding hydrogens is 190 g/mol. The Morgan fingerprint density at radius 1 is 1.07 bits per heavy atom. The van der Waals surface area contributed by atoms with Gasteiger partial charge >= 0.3 is 0 Å². The molecule has 1 aliphatic rings. The fourth-order valence-electron chi connectivity index (χ4n) is 1.55. The van der Waals surface area contributed by atoms with Crippen molar-refractivity contribution in [3.63, 3.8) is 0 Å². The van der Waals surface area contributed by atoms with Crippen molar-refractivity contribution in [2.75, 3.05) is 0 Å². The largest absolute Gasteiger partial charge is 0.274 e. The van der Waals surface area contributed by atoms with Crippen LogP contribution in [0, 0.1) is 0 Å². The average Bonchev–Trinajstić information content (AvgIpc) is 2.30. The molecule has 1 aliphatic carbocycles. The second kappa shape index (κ2) is 4.49. The monoisotopic (exact) mass is 203 g/mol. The summed E-state index contributed by atoms with van der Waals surface area (Å²) in [6.07, 6.45) is 9.01. The molecule has 0 fully saturated rings. The average molecular weight is 203 g/mol. The molecule has 0 atom stereocenters. The normalized spacial score (nSPS) is 15.4. The number of allylic oxidation sites excluding steroid dienone is 4. The molecule has 0 saturated carbocycles. The molecule has 0 aromatic heterocycles. The molecule has 0 spiro atoms. The van der Waals surface area contributed by atoms with E-state index in [0.717, 1.165) is 11.3 Å². The Hall–Kier alpha value is -0.990. The third kappa shape index (κ3) is 2.08. The third-order valence-electron chi connectivity index (χ3n) is 2.32. The Kier molecular flexibility index (Phi) is 3.07. The fraction of sp³-hybridized carbons (Fsp3) is 0.167. The van der Waals surface area contributed by atoms with Gasteiger partial charge in [-0.3, -0.25) is 5.14 Å². The molecule has 1 aromatic rings. The SMILES string of the molecule is NSc1ccc(C2=CCCC=C2)cc1. The maximum atomic E-state index is 5.47. The van der Waals surface area contributed by atoms with E-state index in [1.807, 2.05) is 0 Å². The highest BCUT2D eigenvalue weighted by atomic mass is 32.2. The van der Waals surface area contributed by atoms with Crippen LogP contribution in [0.3, 0.4) is 0 Å². The first-order valence-electron chi connectivity index (χ1n) is 4.74. The lowest BCUT2D eigenvalue weighted by molar-refractivity contribution is 1.04. The van der Waals surface area contributed by atoms with E-state index in [1.165, 1.54) is 29.5 Å². The Morgan fingerprint density at radius 2 is 1.86 bits per heavy atom. The maximum Gasteiger partial charge on any atom is 0.0226 e. The zero-order chi connectivity index (χ0) is 9.80. The van der Waals surface area contributed by atoms with Crippen molar-refractivity contribution in [1.29, 1.82) is 0 Å². The van der Waals surface area contributed by atoms with Gasteiger partial charge in [-0.2, -0.15) is 0 Å². The smallest absolute Gasteiger partial charge is 0.0226 e. The van der Waals surface area contributed by atoms with Crippen molar-refractivity contribution in [2.24, 2.45) is 5.14 Å². The Bertz CT molecular complexity index is 362. The van der Waals surface area contributed by atoms with E-state index in [0.29, 0.717) is 0 Å². The molecular formula is C12H13NS. The summed E-state index contributed by atoms with van der Waals surface area (Å²) in [5.74, 6) is 0. The van der Waals surface area contributed by atoms with Crippen LogP contribution < -0.4 is 5.14 Å². The highest BCUT2D eigenvalue weighted by Crippen LogP contribution is 2.23. The minimum absolute atomic E-state index is 1.11. The lowest BCUT2D eigenvalue weighted by atomic mass is 10.00. The van der Waals surface area contributed by atoms with E-state index in [9.17, 15) is 0 Å². The summed E-state index contributed by atoms with van der Waals surface area (Å²) in [4.78, 5) is 1.11. The van der Waals surface area contributed by atoms with Crippen molar-refractivity contribution in [3.8, 4) is 0 Å². The van der Waals surface area contributed by atoms with E-state index in [-0.39, 0.29) is 0 Å². The fourth-order valence-corrected chi connectivity index (χ4v) is 1.85. The summed E-state index contributed by atoms with van der Waals surface area (Å²) in [5.41, 5.74) is 2.60. The van der Waals surface area contributed by atoms with Crippen molar-refractivity contribution in [1.82, 2.24) is 0 Å². The predicted octanol–water partition coefficient (Wildman–Crippen LogP) is 3.39. The van der Waals surface area contributed by atoms with Crippen LogP contribution in [0.1, 0.15) is 18.4 Å². The molecule has 0 amide bonds. The van der Waals surface area contributed by atoms with Crippen LogP contribution in [0.2, 0.25) is 0 Å². The van der Waals surface area contributed by atoms with Crippen LogP contribution in [0.4, 0.5) is 0 Å². The molecule has 1 aromatic carbocycles. The van der Waals surface area contributed by atoms with Gasteiger partial charge < -0.3 is 0 Å². The van der Waals surface area contributed by atoms with Crippen molar-refractivity contribution in [2.45, 2.75) is 17.7 Å². The molecule has 14 heavy (non-hydrogen) atoms. The Balaban J connectivity index is 2.24.